The molecule has 0 heterocycles. The molecule has 0 saturated heterocycles. The molecule has 3 rings (SSSR count). The van der Waals surface area contributed by atoms with Gasteiger partial charge in [-0.1, -0.05) is 60.7 Å². The smallest absolute Gasteiger partial charge is 0.222 e. The lowest BCUT2D eigenvalue weighted by Crippen LogP contribution is -2.30. The second-order valence-electron chi connectivity index (χ2n) is 6.40. The van der Waals surface area contributed by atoms with Crippen LogP contribution in [0.5, 0.6) is 0 Å². The third kappa shape index (κ3) is 5.96. The molecule has 27 heavy (non-hydrogen) atoms. The first-order chi connectivity index (χ1) is 13.2. The van der Waals surface area contributed by atoms with Crippen molar-refractivity contribution in [1.29, 1.82) is 0 Å². The molecule has 1 N–H and O–H groups in total. The van der Waals surface area contributed by atoms with Gasteiger partial charge >= 0.3 is 0 Å². The summed E-state index contributed by atoms with van der Waals surface area (Å²) in [5.41, 5.74) is 3.18. The van der Waals surface area contributed by atoms with Gasteiger partial charge in [0.1, 0.15) is 5.82 Å². The van der Waals surface area contributed by atoms with Crippen LogP contribution < -0.4 is 10.2 Å². The molecular formula is C23H23FN2O. The highest BCUT2D eigenvalue weighted by Gasteiger charge is 2.10. The molecule has 0 aliphatic carbocycles. The number of carbonyl (C=O) groups is 1. The number of halogens is 1. The molecule has 0 bridgehead atoms. The second-order valence-corrected chi connectivity index (χ2v) is 6.40. The summed E-state index contributed by atoms with van der Waals surface area (Å²) in [5.74, 6) is -0.294. The van der Waals surface area contributed by atoms with Gasteiger partial charge in [0.15, 0.2) is 0 Å². The summed E-state index contributed by atoms with van der Waals surface area (Å²) < 4.78 is 12.9. The van der Waals surface area contributed by atoms with E-state index in [1.807, 2.05) is 36.4 Å². The van der Waals surface area contributed by atoms with Crippen LogP contribution in [0.1, 0.15) is 17.5 Å². The van der Waals surface area contributed by atoms with E-state index < -0.39 is 0 Å². The minimum Gasteiger partial charge on any atom is -0.367 e. The van der Waals surface area contributed by atoms with Gasteiger partial charge in [-0.15, -0.1) is 0 Å². The first-order valence-corrected chi connectivity index (χ1v) is 9.06. The molecule has 0 aliphatic rings. The molecule has 3 aromatic rings. The lowest BCUT2D eigenvalue weighted by atomic mass is 10.2. The van der Waals surface area contributed by atoms with Gasteiger partial charge in [0.05, 0.1) is 0 Å². The van der Waals surface area contributed by atoms with Gasteiger partial charge in [0, 0.05) is 31.7 Å². The molecule has 0 fully saturated rings. The van der Waals surface area contributed by atoms with E-state index in [9.17, 15) is 9.18 Å². The molecule has 0 spiro atoms. The van der Waals surface area contributed by atoms with E-state index in [1.54, 1.807) is 12.1 Å². The van der Waals surface area contributed by atoms with Crippen LogP contribution in [0, 0.1) is 5.82 Å². The zero-order chi connectivity index (χ0) is 18.9. The van der Waals surface area contributed by atoms with Crippen LogP contribution in [0.25, 0.3) is 0 Å². The number of nitrogens with one attached hydrogen (secondary N) is 1. The van der Waals surface area contributed by atoms with E-state index in [4.69, 9.17) is 0 Å². The van der Waals surface area contributed by atoms with Gasteiger partial charge in [-0.2, -0.15) is 0 Å². The molecule has 0 aromatic heterocycles. The van der Waals surface area contributed by atoms with Crippen molar-refractivity contribution in [2.24, 2.45) is 0 Å². The minimum atomic E-state index is -0.274. The van der Waals surface area contributed by atoms with Crippen molar-refractivity contribution in [3.63, 3.8) is 0 Å². The van der Waals surface area contributed by atoms with Gasteiger partial charge in [0.25, 0.3) is 0 Å². The number of hydrogen-bond donors (Lipinski definition) is 1. The molecular weight excluding hydrogens is 339 g/mol. The van der Waals surface area contributed by atoms with Crippen LogP contribution >= 0.6 is 0 Å². The largest absolute Gasteiger partial charge is 0.367 e. The summed E-state index contributed by atoms with van der Waals surface area (Å²) in [6, 6.07) is 26.5. The van der Waals surface area contributed by atoms with Crippen molar-refractivity contribution in [3.8, 4) is 0 Å². The van der Waals surface area contributed by atoms with Crippen LogP contribution in [-0.4, -0.2) is 12.5 Å². The summed E-state index contributed by atoms with van der Waals surface area (Å²) >= 11 is 0. The number of carbonyl (C=O) groups excluding carboxylic acids is 1. The lowest BCUT2D eigenvalue weighted by molar-refractivity contribution is -0.121. The normalized spacial score (nSPS) is 10.4. The van der Waals surface area contributed by atoms with Crippen LogP contribution in [-0.2, 0) is 17.9 Å². The number of benzene rings is 3. The van der Waals surface area contributed by atoms with Crippen molar-refractivity contribution in [2.45, 2.75) is 19.5 Å². The Bertz CT molecular complexity index is 835. The van der Waals surface area contributed by atoms with E-state index in [2.05, 4.69) is 34.5 Å². The summed E-state index contributed by atoms with van der Waals surface area (Å²) in [4.78, 5) is 14.5. The first kappa shape index (κ1) is 18.6. The molecule has 138 valence electrons. The van der Waals surface area contributed by atoms with E-state index in [-0.39, 0.29) is 11.7 Å². The minimum absolute atomic E-state index is 0.0201. The Balaban J connectivity index is 1.57. The molecule has 0 aliphatic heterocycles. The maximum atomic E-state index is 12.9. The molecule has 3 nitrogen and oxygen atoms in total. The van der Waals surface area contributed by atoms with E-state index in [0.717, 1.165) is 17.8 Å². The third-order valence-corrected chi connectivity index (χ3v) is 4.35. The highest BCUT2D eigenvalue weighted by atomic mass is 19.1. The number of hydrogen-bond acceptors (Lipinski definition) is 2. The van der Waals surface area contributed by atoms with Crippen molar-refractivity contribution < 1.29 is 9.18 Å². The van der Waals surface area contributed by atoms with Crippen molar-refractivity contribution in [1.82, 2.24) is 5.32 Å². The quantitative estimate of drug-likeness (QED) is 0.638. The molecule has 0 unspecified atom stereocenters. The molecule has 0 saturated carbocycles. The van der Waals surface area contributed by atoms with Gasteiger partial charge in [0.2, 0.25) is 5.91 Å². The van der Waals surface area contributed by atoms with Crippen molar-refractivity contribution >= 4 is 11.6 Å². The lowest BCUT2D eigenvalue weighted by Gasteiger charge is -2.25. The average Bonchev–Trinajstić information content (AvgIpc) is 2.72. The highest BCUT2D eigenvalue weighted by molar-refractivity contribution is 5.76. The monoisotopic (exact) mass is 362 g/mol. The number of rotatable bonds is 8. The van der Waals surface area contributed by atoms with Gasteiger partial charge < -0.3 is 10.2 Å². The summed E-state index contributed by atoms with van der Waals surface area (Å²) in [5, 5.41) is 2.90. The topological polar surface area (TPSA) is 32.3 Å². The summed E-state index contributed by atoms with van der Waals surface area (Å²) in [7, 11) is 0. The highest BCUT2D eigenvalue weighted by Crippen LogP contribution is 2.17. The molecule has 1 amide bonds. The van der Waals surface area contributed by atoms with Crippen LogP contribution in [0.2, 0.25) is 0 Å². The number of para-hydroxylation sites is 1. The van der Waals surface area contributed by atoms with Crippen molar-refractivity contribution in [3.05, 3.63) is 102 Å². The molecule has 3 aromatic carbocycles. The fourth-order valence-corrected chi connectivity index (χ4v) is 2.87. The maximum Gasteiger partial charge on any atom is 0.222 e. The predicted molar refractivity (Wildman–Crippen MR) is 107 cm³/mol. The summed E-state index contributed by atoms with van der Waals surface area (Å²) in [6.45, 7) is 1.77. The third-order valence-electron chi connectivity index (χ3n) is 4.35. The second kappa shape index (κ2) is 9.53. The zero-order valence-electron chi connectivity index (χ0n) is 15.1. The predicted octanol–water partition coefficient (Wildman–Crippen LogP) is 4.54. The van der Waals surface area contributed by atoms with Crippen LogP contribution in [0.4, 0.5) is 10.1 Å². The first-order valence-electron chi connectivity index (χ1n) is 9.06. The summed E-state index contributed by atoms with van der Waals surface area (Å²) in [6.07, 6.45) is 0.392. The van der Waals surface area contributed by atoms with Crippen LogP contribution in [0.15, 0.2) is 84.9 Å². The van der Waals surface area contributed by atoms with E-state index in [1.165, 1.54) is 17.7 Å². The average molecular weight is 362 g/mol. The van der Waals surface area contributed by atoms with Gasteiger partial charge in [-0.3, -0.25) is 4.79 Å². The maximum absolute atomic E-state index is 12.9. The van der Waals surface area contributed by atoms with Crippen molar-refractivity contribution in [2.75, 3.05) is 11.4 Å². The Morgan fingerprint density at radius 1 is 0.815 bits per heavy atom. The number of amides is 1. The van der Waals surface area contributed by atoms with Gasteiger partial charge in [-0.05, 0) is 35.4 Å². The van der Waals surface area contributed by atoms with E-state index >= 15 is 0 Å². The fraction of sp³-hybridized carbons (Fsp3) is 0.174. The fourth-order valence-electron chi connectivity index (χ4n) is 2.87. The Hall–Kier alpha value is -3.14. The molecule has 0 radical (unpaired) electrons. The Kier molecular flexibility index (Phi) is 6.58. The van der Waals surface area contributed by atoms with E-state index in [0.29, 0.717) is 19.5 Å². The SMILES string of the molecule is O=C(CCN(Cc1ccccc1)c1ccccc1)NCc1ccc(F)cc1. The Morgan fingerprint density at radius 2 is 1.44 bits per heavy atom. The Morgan fingerprint density at radius 3 is 2.11 bits per heavy atom. The number of anilines is 1. The molecule has 4 heteroatoms. The van der Waals surface area contributed by atoms with Crippen LogP contribution in [0.3, 0.4) is 0 Å². The molecule has 0 atom stereocenters. The van der Waals surface area contributed by atoms with Gasteiger partial charge in [-0.25, -0.2) is 4.39 Å². The standard InChI is InChI=1S/C23H23FN2O/c24-21-13-11-19(12-14-21)17-25-23(27)15-16-26(22-9-5-2-6-10-22)18-20-7-3-1-4-8-20/h1-14H,15-18H2,(H,25,27). The zero-order valence-corrected chi connectivity index (χ0v) is 15.1. The Labute approximate surface area is 159 Å². The number of nitrogens with zero attached hydrogens (tertiary/aromatic N) is 1.